The molecule has 0 aliphatic carbocycles. The smallest absolute Gasteiger partial charge is 0.271 e. The fraction of sp³-hybridized carbons (Fsp3) is 0.415. The molecule has 334 valence electrons. The maximum atomic E-state index is 10.9. The number of benzene rings is 4. The number of anilines is 2. The highest BCUT2D eigenvalue weighted by Gasteiger charge is 2.20. The van der Waals surface area contributed by atoms with Crippen LogP contribution in [0.3, 0.4) is 0 Å². The second kappa shape index (κ2) is 25.7. The monoisotopic (exact) mass is 899 g/mol. The van der Waals surface area contributed by atoms with Crippen molar-refractivity contribution in [2.24, 2.45) is 20.5 Å². The van der Waals surface area contributed by atoms with Crippen LogP contribution in [-0.2, 0) is 9.47 Å². The van der Waals surface area contributed by atoms with E-state index >= 15 is 0 Å². The predicted molar refractivity (Wildman–Crippen MR) is 236 cm³/mol. The lowest BCUT2D eigenvalue weighted by molar-refractivity contribution is -0.385. The largest absolute Gasteiger partial charge is 0.394 e. The van der Waals surface area contributed by atoms with Crippen LogP contribution < -0.4 is 9.80 Å². The van der Waals surface area contributed by atoms with Crippen LogP contribution in [-0.4, -0.2) is 132 Å². The molecule has 19 nitrogen and oxygen atoms in total. The molecule has 0 amide bonds. The van der Waals surface area contributed by atoms with E-state index in [1.54, 1.807) is 29.2 Å². The van der Waals surface area contributed by atoms with Crippen LogP contribution in [0.2, 0.25) is 10.0 Å². The van der Waals surface area contributed by atoms with Gasteiger partial charge in [-0.15, -0.1) is 10.2 Å². The summed E-state index contributed by atoms with van der Waals surface area (Å²) in [5.74, 6) is 0. The Balaban J connectivity index is 1.18. The number of non-ortho nitro benzene ring substituents is 2. The Morgan fingerprint density at radius 1 is 0.613 bits per heavy atom. The van der Waals surface area contributed by atoms with Crippen LogP contribution in [0.1, 0.15) is 13.8 Å². The molecule has 0 saturated carbocycles. The van der Waals surface area contributed by atoms with Crippen molar-refractivity contribution >= 4 is 68.7 Å². The molecule has 0 heterocycles. The molecule has 0 fully saturated rings. The van der Waals surface area contributed by atoms with Crippen LogP contribution in [0.15, 0.2) is 105 Å². The zero-order valence-electron chi connectivity index (χ0n) is 34.3. The number of nitro groups is 2. The molecule has 0 radical (unpaired) electrons. The van der Waals surface area contributed by atoms with Gasteiger partial charge in [-0.2, -0.15) is 10.2 Å². The summed E-state index contributed by atoms with van der Waals surface area (Å²) in [6.45, 7) is 6.74. The third-order valence-electron chi connectivity index (χ3n) is 9.27. The number of hydrogen-bond donors (Lipinski definition) is 4. The molecule has 0 aliphatic rings. The van der Waals surface area contributed by atoms with E-state index in [0.29, 0.717) is 62.1 Å². The van der Waals surface area contributed by atoms with Gasteiger partial charge in [0.25, 0.3) is 11.4 Å². The average molecular weight is 901 g/mol. The summed E-state index contributed by atoms with van der Waals surface area (Å²) in [7, 11) is 0. The van der Waals surface area contributed by atoms with Crippen LogP contribution in [0.25, 0.3) is 0 Å². The number of aliphatic hydroxyl groups excluding tert-OH is 4. The topological polar surface area (TPSA) is 245 Å². The lowest BCUT2D eigenvalue weighted by atomic mass is 10.2. The first kappa shape index (κ1) is 49.4. The van der Waals surface area contributed by atoms with Crippen molar-refractivity contribution in [2.45, 2.75) is 32.2 Å². The van der Waals surface area contributed by atoms with Gasteiger partial charge in [0, 0.05) is 81.5 Å². The predicted octanol–water partition coefficient (Wildman–Crippen LogP) is 7.40. The summed E-state index contributed by atoms with van der Waals surface area (Å²) in [5.41, 5.74) is 3.29. The Bertz CT molecular complexity index is 1940. The highest BCUT2D eigenvalue weighted by atomic mass is 35.5. The molecule has 0 aromatic heterocycles. The lowest BCUT2D eigenvalue weighted by Gasteiger charge is -2.29. The zero-order valence-corrected chi connectivity index (χ0v) is 35.8. The lowest BCUT2D eigenvalue weighted by Crippen LogP contribution is -2.45. The highest BCUT2D eigenvalue weighted by Crippen LogP contribution is 2.32. The summed E-state index contributed by atoms with van der Waals surface area (Å²) < 4.78 is 11.6. The average Bonchev–Trinajstić information content (AvgIpc) is 3.26. The molecule has 21 heteroatoms. The summed E-state index contributed by atoms with van der Waals surface area (Å²) >= 11 is 12.2. The minimum atomic E-state index is -1.08. The molecule has 0 saturated heterocycles. The van der Waals surface area contributed by atoms with E-state index in [1.165, 1.54) is 36.4 Å². The quantitative estimate of drug-likeness (QED) is 0.0197. The van der Waals surface area contributed by atoms with E-state index in [-0.39, 0.29) is 54.3 Å². The van der Waals surface area contributed by atoms with Gasteiger partial charge < -0.3 is 39.7 Å². The van der Waals surface area contributed by atoms with E-state index in [4.69, 9.17) is 32.7 Å². The number of likely N-dealkylation sites (N-methyl/N-ethyl adjacent to an activating group) is 2. The molecular weight excluding hydrogens is 849 g/mol. The molecule has 4 aromatic rings. The second-order valence-electron chi connectivity index (χ2n) is 13.9. The van der Waals surface area contributed by atoms with Crippen molar-refractivity contribution in [3.63, 3.8) is 0 Å². The number of nitro benzene ring substituents is 2. The Hall–Kier alpha value is -5.22. The van der Waals surface area contributed by atoms with Crippen molar-refractivity contribution < 1.29 is 39.7 Å². The first-order chi connectivity index (χ1) is 29.8. The normalized spacial score (nSPS) is 13.2. The molecule has 4 aromatic carbocycles. The van der Waals surface area contributed by atoms with Crippen molar-refractivity contribution in [1.82, 2.24) is 4.90 Å². The number of ether oxygens (including phenoxy) is 2. The number of aliphatic hydroxyl groups is 4. The van der Waals surface area contributed by atoms with Crippen LogP contribution in [0, 0.1) is 20.2 Å². The van der Waals surface area contributed by atoms with E-state index in [1.807, 2.05) is 38.1 Å². The van der Waals surface area contributed by atoms with Crippen molar-refractivity contribution in [1.29, 1.82) is 0 Å². The summed E-state index contributed by atoms with van der Waals surface area (Å²) in [6, 6.07) is 22.6. The van der Waals surface area contributed by atoms with Crippen molar-refractivity contribution in [3.8, 4) is 0 Å². The van der Waals surface area contributed by atoms with Gasteiger partial charge in [0.15, 0.2) is 0 Å². The van der Waals surface area contributed by atoms with Gasteiger partial charge in [0.2, 0.25) is 0 Å². The van der Waals surface area contributed by atoms with Gasteiger partial charge >= 0.3 is 0 Å². The molecule has 3 unspecified atom stereocenters. The van der Waals surface area contributed by atoms with Gasteiger partial charge in [0.1, 0.15) is 11.4 Å². The Morgan fingerprint density at radius 2 is 1.00 bits per heavy atom. The molecule has 62 heavy (non-hydrogen) atoms. The molecule has 0 bridgehead atoms. The standard InChI is InChI=1S/C41H51Cl2N9O10/c1-3-49(31-9-5-29(6-10-31)44-46-40-15-13-33(51(57)58)21-38(40)42)17-19-61-27-36(55)24-48(23-35(54)26-53)25-37(56)28-62-20-18-50(4-2)32-11-7-30(8-12-32)45-47-41-16-14-34(52(59)60)22-39(41)43/h5-16,21-22,35-37,53-56H,3-4,17-20,23-28H2,1-2H3. The maximum absolute atomic E-state index is 10.9. The Labute approximate surface area is 368 Å². The van der Waals surface area contributed by atoms with E-state index in [0.717, 1.165) is 11.4 Å². The summed E-state index contributed by atoms with van der Waals surface area (Å²) in [5, 5.41) is 79.9. The second-order valence-corrected chi connectivity index (χ2v) is 14.7. The van der Waals surface area contributed by atoms with E-state index in [2.05, 4.69) is 30.3 Å². The van der Waals surface area contributed by atoms with Crippen LogP contribution >= 0.6 is 23.2 Å². The van der Waals surface area contributed by atoms with Gasteiger partial charge in [0.05, 0.1) is 82.6 Å². The van der Waals surface area contributed by atoms with Gasteiger partial charge in [-0.1, -0.05) is 23.2 Å². The SMILES string of the molecule is CCN(CCOCC(O)CN(CC(O)CO)CC(O)COCCN(CC)c1ccc(N=Nc2ccc([N+](=O)[O-])cc2Cl)cc1)c1ccc(N=Nc2ccc([N+](=O)[O-])cc2Cl)cc1. The van der Waals surface area contributed by atoms with E-state index < -0.39 is 34.8 Å². The Morgan fingerprint density at radius 3 is 1.34 bits per heavy atom. The number of halogens is 2. The minimum absolute atomic E-state index is 0.00518. The third kappa shape index (κ3) is 16.2. The fourth-order valence-electron chi connectivity index (χ4n) is 6.07. The van der Waals surface area contributed by atoms with Crippen molar-refractivity contribution in [3.05, 3.63) is 115 Å². The van der Waals surface area contributed by atoms with Crippen molar-refractivity contribution in [2.75, 3.05) is 88.6 Å². The maximum Gasteiger partial charge on any atom is 0.271 e. The molecule has 0 spiro atoms. The van der Waals surface area contributed by atoms with Gasteiger partial charge in [-0.25, -0.2) is 0 Å². The van der Waals surface area contributed by atoms with Crippen LogP contribution in [0.5, 0.6) is 0 Å². The zero-order chi connectivity index (χ0) is 45.0. The molecule has 4 N–H and O–H groups in total. The summed E-state index contributed by atoms with van der Waals surface area (Å²) in [4.78, 5) is 26.6. The molecule has 0 aliphatic heterocycles. The van der Waals surface area contributed by atoms with Crippen LogP contribution in [0.4, 0.5) is 45.5 Å². The molecule has 3 atom stereocenters. The van der Waals surface area contributed by atoms with Gasteiger partial charge in [-0.3, -0.25) is 25.1 Å². The first-order valence-electron chi connectivity index (χ1n) is 19.7. The van der Waals surface area contributed by atoms with Gasteiger partial charge in [-0.05, 0) is 74.5 Å². The number of hydrogen-bond acceptors (Lipinski definition) is 17. The molecule has 4 rings (SSSR count). The highest BCUT2D eigenvalue weighted by molar-refractivity contribution is 6.33. The Kier molecular flexibility index (Phi) is 20.5. The minimum Gasteiger partial charge on any atom is -0.394 e. The number of azo groups is 2. The third-order valence-corrected chi connectivity index (χ3v) is 9.88. The molecular formula is C41H51Cl2N9O10. The van der Waals surface area contributed by atoms with E-state index in [9.17, 15) is 40.7 Å². The number of rotatable bonds is 27. The first-order valence-corrected chi connectivity index (χ1v) is 20.5. The summed E-state index contributed by atoms with van der Waals surface area (Å²) in [6.07, 6.45) is -2.96. The fourth-order valence-corrected chi connectivity index (χ4v) is 6.50. The number of nitrogens with zero attached hydrogens (tertiary/aromatic N) is 9.